The van der Waals surface area contributed by atoms with Crippen LogP contribution < -0.4 is 10.5 Å². The number of sulfonamides is 1. The van der Waals surface area contributed by atoms with Crippen molar-refractivity contribution in [1.29, 1.82) is 0 Å². The molecule has 0 saturated carbocycles. The molecule has 9 heteroatoms. The van der Waals surface area contributed by atoms with Crippen LogP contribution in [-0.2, 0) is 16.6 Å². The van der Waals surface area contributed by atoms with Crippen LogP contribution in [0.25, 0.3) is 0 Å². The SMILES string of the molecule is Cc1[nH]ncc1CNS(=O)(=O)c1ccc(N)cc1C(=O)O. The second-order valence-corrected chi connectivity index (χ2v) is 6.14. The van der Waals surface area contributed by atoms with E-state index in [0.717, 1.165) is 11.8 Å². The Hall–Kier alpha value is -2.39. The van der Waals surface area contributed by atoms with Crippen molar-refractivity contribution in [3.05, 3.63) is 41.2 Å². The number of aromatic nitrogens is 2. The number of hydrogen-bond acceptors (Lipinski definition) is 5. The Balaban J connectivity index is 2.32. The Morgan fingerprint density at radius 3 is 2.76 bits per heavy atom. The first-order valence-corrected chi connectivity index (χ1v) is 7.41. The van der Waals surface area contributed by atoms with Gasteiger partial charge in [-0.1, -0.05) is 0 Å². The summed E-state index contributed by atoms with van der Waals surface area (Å²) in [6.45, 7) is 1.76. The van der Waals surface area contributed by atoms with Crippen LogP contribution >= 0.6 is 0 Å². The number of benzene rings is 1. The summed E-state index contributed by atoms with van der Waals surface area (Å²) in [5, 5.41) is 15.6. The molecule has 8 nitrogen and oxygen atoms in total. The van der Waals surface area contributed by atoms with Crippen LogP contribution in [0.2, 0.25) is 0 Å². The first kappa shape index (κ1) is 15.0. The first-order valence-electron chi connectivity index (χ1n) is 5.92. The summed E-state index contributed by atoms with van der Waals surface area (Å²) in [6, 6.07) is 3.62. The third-order valence-corrected chi connectivity index (χ3v) is 4.37. The number of hydrogen-bond donors (Lipinski definition) is 4. The van der Waals surface area contributed by atoms with Gasteiger partial charge in [0, 0.05) is 23.5 Å². The molecule has 5 N–H and O–H groups in total. The van der Waals surface area contributed by atoms with E-state index in [1.54, 1.807) is 6.92 Å². The standard InChI is InChI=1S/C12H14N4O4S/c1-7-8(5-14-16-7)6-15-21(19,20)11-3-2-9(13)4-10(11)12(17)18/h2-5,15H,6,13H2,1H3,(H,14,16)(H,17,18). The maximum absolute atomic E-state index is 12.2. The molecule has 2 rings (SSSR count). The van der Waals surface area contributed by atoms with Crippen LogP contribution in [0, 0.1) is 6.92 Å². The van der Waals surface area contributed by atoms with Gasteiger partial charge in [-0.25, -0.2) is 17.9 Å². The molecule has 1 heterocycles. The van der Waals surface area contributed by atoms with Crippen molar-refractivity contribution in [2.45, 2.75) is 18.4 Å². The zero-order valence-electron chi connectivity index (χ0n) is 11.1. The quantitative estimate of drug-likeness (QED) is 0.592. The summed E-state index contributed by atoms with van der Waals surface area (Å²) >= 11 is 0. The van der Waals surface area contributed by atoms with E-state index < -0.39 is 16.0 Å². The minimum absolute atomic E-state index is 0.00804. The number of anilines is 1. The number of rotatable bonds is 5. The zero-order chi connectivity index (χ0) is 15.6. The number of nitrogens with zero attached hydrogens (tertiary/aromatic N) is 1. The van der Waals surface area contributed by atoms with Gasteiger partial charge in [-0.15, -0.1) is 0 Å². The Kier molecular flexibility index (Phi) is 3.96. The lowest BCUT2D eigenvalue weighted by molar-refractivity contribution is 0.0692. The third kappa shape index (κ3) is 3.20. The molecule has 0 spiro atoms. The fraction of sp³-hybridized carbons (Fsp3) is 0.167. The predicted octanol–water partition coefficient (Wildman–Crippen LogP) is 0.477. The van der Waals surface area contributed by atoms with E-state index in [2.05, 4.69) is 14.9 Å². The predicted molar refractivity (Wildman–Crippen MR) is 75.2 cm³/mol. The van der Waals surface area contributed by atoms with Gasteiger partial charge in [0.05, 0.1) is 16.7 Å². The van der Waals surface area contributed by atoms with E-state index in [9.17, 15) is 13.2 Å². The molecule has 0 aliphatic carbocycles. The van der Waals surface area contributed by atoms with Crippen molar-refractivity contribution in [2.75, 3.05) is 5.73 Å². The second-order valence-electron chi connectivity index (χ2n) is 4.41. The van der Waals surface area contributed by atoms with E-state index in [-0.39, 0.29) is 22.7 Å². The molecule has 1 aromatic heterocycles. The molecule has 0 radical (unpaired) electrons. The second kappa shape index (κ2) is 5.54. The lowest BCUT2D eigenvalue weighted by atomic mass is 10.2. The molecule has 0 amide bonds. The molecule has 0 fully saturated rings. The van der Waals surface area contributed by atoms with Crippen LogP contribution in [0.5, 0.6) is 0 Å². The van der Waals surface area contributed by atoms with Gasteiger partial charge < -0.3 is 10.8 Å². The summed E-state index contributed by atoms with van der Waals surface area (Å²) in [6.07, 6.45) is 1.50. The number of aromatic amines is 1. The van der Waals surface area contributed by atoms with E-state index in [1.807, 2.05) is 0 Å². The summed E-state index contributed by atoms with van der Waals surface area (Å²) < 4.78 is 26.8. The van der Waals surface area contributed by atoms with E-state index in [0.29, 0.717) is 5.56 Å². The Labute approximate surface area is 121 Å². The smallest absolute Gasteiger partial charge is 0.337 e. The molecule has 112 valence electrons. The highest BCUT2D eigenvalue weighted by Gasteiger charge is 2.22. The molecule has 0 aliphatic heterocycles. The largest absolute Gasteiger partial charge is 0.478 e. The van der Waals surface area contributed by atoms with Gasteiger partial charge in [0.2, 0.25) is 10.0 Å². The molecular formula is C12H14N4O4S. The van der Waals surface area contributed by atoms with Crippen LogP contribution in [0.1, 0.15) is 21.6 Å². The molecule has 0 aliphatic rings. The van der Waals surface area contributed by atoms with Crippen LogP contribution in [0.3, 0.4) is 0 Å². The van der Waals surface area contributed by atoms with Crippen molar-refractivity contribution < 1.29 is 18.3 Å². The van der Waals surface area contributed by atoms with E-state index in [1.165, 1.54) is 18.3 Å². The zero-order valence-corrected chi connectivity index (χ0v) is 11.9. The van der Waals surface area contributed by atoms with Gasteiger partial charge in [0.1, 0.15) is 0 Å². The Morgan fingerprint density at radius 2 is 2.19 bits per heavy atom. The molecule has 0 saturated heterocycles. The number of nitrogen functional groups attached to an aromatic ring is 1. The fourth-order valence-electron chi connectivity index (χ4n) is 1.75. The average molecular weight is 310 g/mol. The summed E-state index contributed by atoms with van der Waals surface area (Å²) in [4.78, 5) is 10.8. The Morgan fingerprint density at radius 1 is 1.48 bits per heavy atom. The van der Waals surface area contributed by atoms with E-state index >= 15 is 0 Å². The molecule has 0 bridgehead atoms. The van der Waals surface area contributed by atoms with Crippen molar-refractivity contribution in [1.82, 2.24) is 14.9 Å². The minimum atomic E-state index is -3.97. The van der Waals surface area contributed by atoms with Crippen LogP contribution in [0.4, 0.5) is 5.69 Å². The number of carbonyl (C=O) groups is 1. The number of nitrogens with two attached hydrogens (primary N) is 1. The van der Waals surface area contributed by atoms with Gasteiger partial charge in [-0.05, 0) is 25.1 Å². The summed E-state index contributed by atoms with van der Waals surface area (Å²) in [5.74, 6) is -1.36. The molecule has 0 atom stereocenters. The molecule has 1 aromatic carbocycles. The van der Waals surface area contributed by atoms with Gasteiger partial charge in [-0.2, -0.15) is 5.10 Å². The van der Waals surface area contributed by atoms with Crippen molar-refractivity contribution in [3.63, 3.8) is 0 Å². The van der Waals surface area contributed by atoms with Crippen molar-refractivity contribution >= 4 is 21.7 Å². The maximum Gasteiger partial charge on any atom is 0.337 e. The van der Waals surface area contributed by atoms with E-state index in [4.69, 9.17) is 10.8 Å². The maximum atomic E-state index is 12.2. The number of carboxylic acid groups (broad SMARTS) is 1. The molecule has 2 aromatic rings. The highest BCUT2D eigenvalue weighted by Crippen LogP contribution is 2.19. The average Bonchev–Trinajstić information content (AvgIpc) is 2.81. The topological polar surface area (TPSA) is 138 Å². The number of aromatic carboxylic acids is 1. The highest BCUT2D eigenvalue weighted by atomic mass is 32.2. The normalized spacial score (nSPS) is 11.5. The summed E-state index contributed by atoms with van der Waals surface area (Å²) in [5.41, 5.74) is 6.70. The van der Waals surface area contributed by atoms with Crippen molar-refractivity contribution in [2.24, 2.45) is 0 Å². The number of nitrogens with one attached hydrogen (secondary N) is 2. The minimum Gasteiger partial charge on any atom is -0.478 e. The Bertz CT molecular complexity index is 782. The number of H-pyrrole nitrogens is 1. The third-order valence-electron chi connectivity index (χ3n) is 2.91. The molecular weight excluding hydrogens is 296 g/mol. The first-order chi connectivity index (χ1) is 9.81. The van der Waals surface area contributed by atoms with Crippen LogP contribution in [0.15, 0.2) is 29.3 Å². The van der Waals surface area contributed by atoms with Gasteiger partial charge in [-0.3, -0.25) is 5.10 Å². The summed E-state index contributed by atoms with van der Waals surface area (Å²) in [7, 11) is -3.97. The number of aryl methyl sites for hydroxylation is 1. The van der Waals surface area contributed by atoms with Gasteiger partial charge in [0.25, 0.3) is 0 Å². The highest BCUT2D eigenvalue weighted by molar-refractivity contribution is 7.89. The molecule has 0 unspecified atom stereocenters. The fourth-order valence-corrected chi connectivity index (χ4v) is 2.94. The van der Waals surface area contributed by atoms with Crippen LogP contribution in [-0.4, -0.2) is 29.7 Å². The monoisotopic (exact) mass is 310 g/mol. The van der Waals surface area contributed by atoms with Crippen molar-refractivity contribution in [3.8, 4) is 0 Å². The molecule has 21 heavy (non-hydrogen) atoms. The lowest BCUT2D eigenvalue weighted by Gasteiger charge is -2.09. The lowest BCUT2D eigenvalue weighted by Crippen LogP contribution is -2.25. The van der Waals surface area contributed by atoms with Gasteiger partial charge >= 0.3 is 5.97 Å². The van der Waals surface area contributed by atoms with Gasteiger partial charge in [0.15, 0.2) is 0 Å². The number of carboxylic acids is 1.